The van der Waals surface area contributed by atoms with Crippen LogP contribution in [0.15, 0.2) is 24.3 Å². The number of hydrogen-bond acceptors (Lipinski definition) is 19. The van der Waals surface area contributed by atoms with E-state index >= 15 is 0 Å². The molecule has 0 amide bonds. The van der Waals surface area contributed by atoms with E-state index in [0.29, 0.717) is 70.6 Å². The van der Waals surface area contributed by atoms with Crippen LogP contribution in [0.4, 0.5) is 0 Å². The molecule has 17 saturated heterocycles. The molecule has 0 aromatic rings. The molecule has 0 aromatic heterocycles. The number of rotatable bonds is 2. The second-order valence-corrected chi connectivity index (χ2v) is 28.1. The van der Waals surface area contributed by atoms with Crippen molar-refractivity contribution < 1.29 is 90.8 Å². The lowest BCUT2D eigenvalue weighted by Crippen LogP contribution is -2.62. The summed E-state index contributed by atoms with van der Waals surface area (Å²) in [5.74, 6) is -2.60. The Morgan fingerprint density at radius 1 is 0.475 bits per heavy atom. The van der Waals surface area contributed by atoms with E-state index in [-0.39, 0.29) is 159 Å². The fourth-order valence-electron chi connectivity index (χ4n) is 18.8. The van der Waals surface area contributed by atoms with E-state index < -0.39 is 60.1 Å². The molecule has 19 nitrogen and oxygen atoms in total. The quantitative estimate of drug-likeness (QED) is 0.265. The van der Waals surface area contributed by atoms with Crippen molar-refractivity contribution in [2.75, 3.05) is 6.61 Å². The summed E-state index contributed by atoms with van der Waals surface area (Å²) in [4.78, 5) is 14.6. The maximum absolute atomic E-state index is 14.6. The molecule has 0 saturated carbocycles. The van der Waals surface area contributed by atoms with Gasteiger partial charge in [-0.15, -0.1) is 0 Å². The standard InChI is InChI=1S/C61H86O19/c1-26-13-32-7-9-36-27(2)14-34(65-36)11-12-59-23-47-55(79-59)56-57(73-47)58(80-59)54-37(70-56)10-8-33(67-54)15-49(64)74-53-31(6)52-44(69-43(53)16-38(66-32)30(26)5)19-42-46(72-52)22-61(75-42)24-48-51(78-61)29(4)21-60(77-48)20-28(3)50-45(76-60)18-40-41(71-50)17-39(68-40)35(63)25-62/h26,28-29,31-48,50-58,62-63H,2,5,7-25H2,1,3-4,6H3/t26-,28+,29-,31+,32+,33-,34?,35?,36+,37+,38-,39?,40?,41?,42?,43+,44?,45+,46?,47+,48+,50+,51+,52?,53?,54+,55-,56?,57-,58+,59+,60-,61+/m1/s1. The fourth-order valence-corrected chi connectivity index (χ4v) is 18.8. The summed E-state index contributed by atoms with van der Waals surface area (Å²) in [5, 5.41) is 20.0. The molecule has 33 atom stereocenters. The smallest absolute Gasteiger partial charge is 0.308 e. The van der Waals surface area contributed by atoms with Crippen molar-refractivity contribution in [2.45, 2.75) is 319 Å². The largest absolute Gasteiger partial charge is 0.459 e. The molecule has 0 aliphatic carbocycles. The molecular formula is C61H86O19. The van der Waals surface area contributed by atoms with Crippen LogP contribution in [0.5, 0.6) is 0 Å². The van der Waals surface area contributed by atoms with Crippen molar-refractivity contribution in [3.8, 4) is 0 Å². The maximum Gasteiger partial charge on any atom is 0.308 e. The highest BCUT2D eigenvalue weighted by atomic mass is 16.8. The molecule has 17 heterocycles. The SMILES string of the molecule is C=C1CC2CC[C@@]34C[C@@H]5O[C@@H]6C(O[C@H]7CC[C@H](CC(=O)OC8[C@@H](C)C9OC%10C[C@]%11(C[C@@H]%12O[C@@]%13(C[C@@H](C)[C@@H]%12O%11)C[C@H](C)[C@@H]%11OC%12CC(C(O)CO)OC%12C[C@@H]%11O%13)OC%10CC9O[C@H]8C[C@H]8O[C@@H](CC[C@@H]1O2)C[C@@H](C)C8=C)O[C@@H]7[C@@H]6O3)[C@@H]5O4. The lowest BCUT2D eigenvalue weighted by Gasteiger charge is -2.54. The van der Waals surface area contributed by atoms with Crippen LogP contribution in [0, 0.1) is 23.7 Å². The van der Waals surface area contributed by atoms with Gasteiger partial charge >= 0.3 is 5.97 Å². The van der Waals surface area contributed by atoms with Crippen molar-refractivity contribution in [1.82, 2.24) is 0 Å². The predicted octanol–water partition coefficient (Wildman–Crippen LogP) is 5.33. The third kappa shape index (κ3) is 8.99. The highest BCUT2D eigenvalue weighted by Gasteiger charge is 2.70. The second kappa shape index (κ2) is 19.9. The topological polar surface area (TPSA) is 205 Å². The van der Waals surface area contributed by atoms with Crippen LogP contribution in [0.2, 0.25) is 0 Å². The minimum absolute atomic E-state index is 0.0140. The van der Waals surface area contributed by atoms with Crippen LogP contribution in [0.25, 0.3) is 0 Å². The van der Waals surface area contributed by atoms with Gasteiger partial charge in [0.05, 0.1) is 129 Å². The number of hydrogen-bond donors (Lipinski definition) is 2. The summed E-state index contributed by atoms with van der Waals surface area (Å²) in [7, 11) is 0. The molecule has 17 fully saturated rings. The first-order valence-corrected chi connectivity index (χ1v) is 31.4. The third-order valence-electron chi connectivity index (χ3n) is 22.6. The highest BCUT2D eigenvalue weighted by molar-refractivity contribution is 5.70. The van der Waals surface area contributed by atoms with Gasteiger partial charge in [-0.1, -0.05) is 40.9 Å². The minimum Gasteiger partial charge on any atom is -0.459 e. The number of ether oxygens (including phenoxy) is 16. The number of aliphatic hydroxyl groups is 2. The van der Waals surface area contributed by atoms with Gasteiger partial charge in [-0.2, -0.15) is 0 Å². The average Bonchev–Trinajstić information content (AvgIpc) is 4.37. The van der Waals surface area contributed by atoms with E-state index in [2.05, 4.69) is 40.9 Å². The van der Waals surface area contributed by atoms with Crippen LogP contribution >= 0.6 is 0 Å². The third-order valence-corrected chi connectivity index (χ3v) is 22.6. The van der Waals surface area contributed by atoms with Gasteiger partial charge in [0.15, 0.2) is 17.4 Å². The monoisotopic (exact) mass is 1120 g/mol. The van der Waals surface area contributed by atoms with Gasteiger partial charge in [-0.05, 0) is 73.8 Å². The van der Waals surface area contributed by atoms with Crippen molar-refractivity contribution in [2.24, 2.45) is 23.7 Å². The van der Waals surface area contributed by atoms with Crippen LogP contribution in [0.3, 0.4) is 0 Å². The van der Waals surface area contributed by atoms with Gasteiger partial charge in [0.2, 0.25) is 0 Å². The molecule has 11 unspecified atom stereocenters. The van der Waals surface area contributed by atoms with Crippen molar-refractivity contribution in [1.29, 1.82) is 0 Å². The van der Waals surface area contributed by atoms with Crippen molar-refractivity contribution in [3.63, 3.8) is 0 Å². The Balaban J connectivity index is 0.628. The zero-order valence-corrected chi connectivity index (χ0v) is 47.0. The van der Waals surface area contributed by atoms with Gasteiger partial charge < -0.3 is 86.0 Å². The highest BCUT2D eigenvalue weighted by Crippen LogP contribution is 2.58. The van der Waals surface area contributed by atoms with Crippen molar-refractivity contribution >= 4 is 5.97 Å². The molecule has 12 bridgehead atoms. The molecular weight excluding hydrogens is 1040 g/mol. The molecule has 0 aromatic carbocycles. The molecule has 444 valence electrons. The number of esters is 1. The van der Waals surface area contributed by atoms with E-state index in [1.165, 1.54) is 0 Å². The van der Waals surface area contributed by atoms with E-state index in [1.807, 2.05) is 0 Å². The van der Waals surface area contributed by atoms with E-state index in [9.17, 15) is 15.0 Å². The van der Waals surface area contributed by atoms with Gasteiger partial charge in [-0.3, -0.25) is 4.79 Å². The molecule has 80 heavy (non-hydrogen) atoms. The Morgan fingerprint density at radius 3 is 1.99 bits per heavy atom. The Morgan fingerprint density at radius 2 is 1.12 bits per heavy atom. The van der Waals surface area contributed by atoms with E-state index in [1.54, 1.807) is 0 Å². The zero-order valence-electron chi connectivity index (χ0n) is 47.0. The summed E-state index contributed by atoms with van der Waals surface area (Å²) in [5.41, 5.74) is 2.16. The Hall–Kier alpha value is -1.73. The van der Waals surface area contributed by atoms with Crippen molar-refractivity contribution in [3.05, 3.63) is 24.3 Å². The normalized spacial score (nSPS) is 58.9. The molecule has 17 aliphatic rings. The second-order valence-electron chi connectivity index (χ2n) is 28.1. The summed E-state index contributed by atoms with van der Waals surface area (Å²) >= 11 is 0. The lowest BCUT2D eigenvalue weighted by atomic mass is 9.78. The van der Waals surface area contributed by atoms with Gasteiger partial charge in [0.1, 0.15) is 42.7 Å². The Kier molecular flexibility index (Phi) is 13.4. The van der Waals surface area contributed by atoms with Crippen LogP contribution in [-0.4, -0.2) is 199 Å². The number of carbonyl (C=O) groups excluding carboxylic acids is 1. The Labute approximate surface area is 469 Å². The number of aliphatic hydroxyl groups excluding tert-OH is 2. The lowest BCUT2D eigenvalue weighted by molar-refractivity contribution is -0.369. The van der Waals surface area contributed by atoms with Crippen LogP contribution in [-0.2, 0) is 80.6 Å². The first kappa shape index (κ1) is 53.7. The molecule has 19 heteroatoms. The number of fused-ring (bicyclic) bond motifs is 11. The average molecular weight is 1120 g/mol. The first-order valence-electron chi connectivity index (χ1n) is 31.4. The molecule has 17 rings (SSSR count). The first-order chi connectivity index (χ1) is 38.6. The summed E-state index contributed by atoms with van der Waals surface area (Å²) in [6.45, 7) is 17.6. The summed E-state index contributed by atoms with van der Waals surface area (Å²) < 4.78 is 110. The minimum atomic E-state index is -0.941. The molecule has 17 aliphatic heterocycles. The van der Waals surface area contributed by atoms with Gasteiger partial charge in [-0.25, -0.2) is 0 Å². The Bertz CT molecular complexity index is 2410. The number of carbonyl (C=O) groups is 1. The van der Waals surface area contributed by atoms with E-state index in [4.69, 9.17) is 75.8 Å². The molecule has 3 spiro atoms. The summed E-state index contributed by atoms with van der Waals surface area (Å²) in [6.07, 6.45) is 4.03. The van der Waals surface area contributed by atoms with E-state index in [0.717, 1.165) is 49.7 Å². The van der Waals surface area contributed by atoms with Crippen LogP contribution in [0.1, 0.15) is 143 Å². The van der Waals surface area contributed by atoms with Gasteiger partial charge in [0, 0.05) is 70.1 Å². The molecule has 2 N–H and O–H groups in total. The fraction of sp³-hybridized carbons (Fsp3) is 0.918. The summed E-state index contributed by atoms with van der Waals surface area (Å²) in [6, 6.07) is 0. The van der Waals surface area contributed by atoms with Gasteiger partial charge in [0.25, 0.3) is 0 Å². The predicted molar refractivity (Wildman–Crippen MR) is 276 cm³/mol. The molecule has 0 radical (unpaired) electrons. The maximum atomic E-state index is 14.6. The zero-order chi connectivity index (χ0) is 54.3. The van der Waals surface area contributed by atoms with Crippen LogP contribution < -0.4 is 0 Å².